The molecule has 4 heteroatoms. The van der Waals surface area contributed by atoms with Gasteiger partial charge in [0.25, 0.3) is 0 Å². The third-order valence-corrected chi connectivity index (χ3v) is 3.94. The molecule has 0 radical (unpaired) electrons. The highest BCUT2D eigenvalue weighted by Crippen LogP contribution is 2.27. The topological polar surface area (TPSA) is 52.6 Å². The van der Waals surface area contributed by atoms with Gasteiger partial charge in [0.05, 0.1) is 0 Å². The van der Waals surface area contributed by atoms with Crippen molar-refractivity contribution in [3.8, 4) is 0 Å². The van der Waals surface area contributed by atoms with E-state index >= 15 is 0 Å². The lowest BCUT2D eigenvalue weighted by atomic mass is 9.97. The molecule has 1 saturated heterocycles. The summed E-state index contributed by atoms with van der Waals surface area (Å²) < 4.78 is 0. The number of nitrogens with zero attached hydrogens (tertiary/aromatic N) is 1. The fraction of sp³-hybridized carbons (Fsp3) is 0.533. The summed E-state index contributed by atoms with van der Waals surface area (Å²) in [5.41, 5.74) is 1.30. The molecular weight excluding hydrogens is 240 g/mol. The predicted octanol–water partition coefficient (Wildman–Crippen LogP) is 2.87. The van der Waals surface area contributed by atoms with Gasteiger partial charge in [-0.3, -0.25) is 4.90 Å². The minimum atomic E-state index is -0.933. The van der Waals surface area contributed by atoms with Crippen LogP contribution in [-0.4, -0.2) is 35.2 Å². The number of piperidine rings is 1. The highest BCUT2D eigenvalue weighted by Gasteiger charge is 2.27. The molecule has 1 aromatic rings. The Labute approximate surface area is 114 Å². The maximum absolute atomic E-state index is 10.7. The molecular formula is C15H22N2O2. The number of carbonyl (C=O) groups is 1. The van der Waals surface area contributed by atoms with Gasteiger partial charge >= 0.3 is 6.09 Å². The first kappa shape index (κ1) is 13.9. The molecule has 1 aliphatic rings. The van der Waals surface area contributed by atoms with Crippen molar-refractivity contribution in [3.05, 3.63) is 35.9 Å². The predicted molar refractivity (Wildman–Crippen MR) is 75.2 cm³/mol. The molecule has 2 N–H and O–H groups in total. The molecule has 1 amide bonds. The van der Waals surface area contributed by atoms with Crippen molar-refractivity contribution in [2.45, 2.75) is 38.3 Å². The molecule has 0 bridgehead atoms. The Kier molecular flexibility index (Phi) is 4.80. The van der Waals surface area contributed by atoms with E-state index in [1.807, 2.05) is 6.07 Å². The zero-order chi connectivity index (χ0) is 13.7. The zero-order valence-corrected chi connectivity index (χ0v) is 11.4. The minimum absolute atomic E-state index is 0.306. The monoisotopic (exact) mass is 262 g/mol. The third-order valence-electron chi connectivity index (χ3n) is 3.94. The second-order valence-corrected chi connectivity index (χ2v) is 5.16. The van der Waals surface area contributed by atoms with Gasteiger partial charge in [0.2, 0.25) is 0 Å². The highest BCUT2D eigenvalue weighted by molar-refractivity contribution is 5.64. The van der Waals surface area contributed by atoms with Crippen molar-refractivity contribution in [3.63, 3.8) is 0 Å². The fourth-order valence-corrected chi connectivity index (χ4v) is 2.88. The lowest BCUT2D eigenvalue weighted by molar-refractivity contribution is 0.100. The number of hydrogen-bond acceptors (Lipinski definition) is 2. The molecule has 4 nitrogen and oxygen atoms in total. The second kappa shape index (κ2) is 6.57. The summed E-state index contributed by atoms with van der Waals surface area (Å²) in [6.07, 6.45) is 2.51. The average molecular weight is 262 g/mol. The van der Waals surface area contributed by atoms with Gasteiger partial charge in [0.15, 0.2) is 0 Å². The van der Waals surface area contributed by atoms with Gasteiger partial charge in [-0.25, -0.2) is 4.79 Å². The minimum Gasteiger partial charge on any atom is -0.465 e. The van der Waals surface area contributed by atoms with E-state index in [-0.39, 0.29) is 0 Å². The van der Waals surface area contributed by atoms with Crippen LogP contribution in [0.2, 0.25) is 0 Å². The van der Waals surface area contributed by atoms with Crippen molar-refractivity contribution in [1.82, 2.24) is 10.2 Å². The normalized spacial score (nSPS) is 21.8. The smallest absolute Gasteiger partial charge is 0.404 e. The fourth-order valence-electron chi connectivity index (χ4n) is 2.88. The third kappa shape index (κ3) is 3.70. The Morgan fingerprint density at radius 1 is 1.42 bits per heavy atom. The van der Waals surface area contributed by atoms with Crippen LogP contribution in [0.4, 0.5) is 4.79 Å². The number of carboxylic acid groups (broad SMARTS) is 1. The maximum Gasteiger partial charge on any atom is 0.404 e. The van der Waals surface area contributed by atoms with Crippen LogP contribution in [0.1, 0.15) is 37.8 Å². The largest absolute Gasteiger partial charge is 0.465 e. The standard InChI is InChI=1S/C15H22N2O2/c1-12(13-7-3-2-4-8-13)17-10-6-5-9-14(17)11-16-15(18)19/h2-4,7-8,12,14,16H,5-6,9-11H2,1H3,(H,18,19)/t12-,14?/m1/s1. The molecule has 2 rings (SSSR count). The number of nitrogens with one attached hydrogen (secondary N) is 1. The van der Waals surface area contributed by atoms with Gasteiger partial charge in [-0.2, -0.15) is 0 Å². The molecule has 0 saturated carbocycles. The molecule has 1 aromatic carbocycles. The first-order valence-corrected chi connectivity index (χ1v) is 6.96. The van der Waals surface area contributed by atoms with Gasteiger partial charge in [-0.15, -0.1) is 0 Å². The number of rotatable bonds is 4. The van der Waals surface area contributed by atoms with E-state index in [0.717, 1.165) is 13.0 Å². The molecule has 0 aromatic heterocycles. The van der Waals surface area contributed by atoms with Gasteiger partial charge in [-0.05, 0) is 31.9 Å². The summed E-state index contributed by atoms with van der Waals surface area (Å²) in [6.45, 7) is 3.77. The summed E-state index contributed by atoms with van der Waals surface area (Å²) >= 11 is 0. The summed E-state index contributed by atoms with van der Waals surface area (Å²) in [6, 6.07) is 11.1. The average Bonchev–Trinajstić information content (AvgIpc) is 2.45. The molecule has 1 aliphatic heterocycles. The van der Waals surface area contributed by atoms with E-state index < -0.39 is 6.09 Å². The van der Waals surface area contributed by atoms with Gasteiger partial charge in [0, 0.05) is 18.6 Å². The van der Waals surface area contributed by atoms with Gasteiger partial charge in [0.1, 0.15) is 0 Å². The molecule has 1 unspecified atom stereocenters. The van der Waals surface area contributed by atoms with E-state index in [9.17, 15) is 4.79 Å². The lowest BCUT2D eigenvalue weighted by Crippen LogP contribution is -2.47. The second-order valence-electron chi connectivity index (χ2n) is 5.16. The summed E-state index contributed by atoms with van der Waals surface area (Å²) in [5.74, 6) is 0. The SMILES string of the molecule is C[C@H](c1ccccc1)N1CCCCC1CNC(=O)O. The van der Waals surface area contributed by atoms with Crippen LogP contribution in [0.25, 0.3) is 0 Å². The van der Waals surface area contributed by atoms with Crippen molar-refractivity contribution >= 4 is 6.09 Å². The van der Waals surface area contributed by atoms with E-state index in [4.69, 9.17) is 5.11 Å². The van der Waals surface area contributed by atoms with E-state index in [1.54, 1.807) is 0 Å². The van der Waals surface area contributed by atoms with Crippen LogP contribution in [0.15, 0.2) is 30.3 Å². The van der Waals surface area contributed by atoms with Crippen LogP contribution in [0, 0.1) is 0 Å². The van der Waals surface area contributed by atoms with Crippen molar-refractivity contribution in [2.75, 3.05) is 13.1 Å². The number of likely N-dealkylation sites (tertiary alicyclic amines) is 1. The van der Waals surface area contributed by atoms with Crippen LogP contribution in [-0.2, 0) is 0 Å². The van der Waals surface area contributed by atoms with Crippen molar-refractivity contribution in [2.24, 2.45) is 0 Å². The van der Waals surface area contributed by atoms with Crippen LogP contribution < -0.4 is 5.32 Å². The number of benzene rings is 1. The first-order chi connectivity index (χ1) is 9.18. The van der Waals surface area contributed by atoms with E-state index in [2.05, 4.69) is 41.4 Å². The van der Waals surface area contributed by atoms with Crippen molar-refractivity contribution < 1.29 is 9.90 Å². The number of hydrogen-bond donors (Lipinski definition) is 2. The molecule has 19 heavy (non-hydrogen) atoms. The molecule has 0 spiro atoms. The summed E-state index contributed by atoms with van der Waals surface area (Å²) in [7, 11) is 0. The Morgan fingerprint density at radius 3 is 2.84 bits per heavy atom. The molecule has 2 atom stereocenters. The summed E-state index contributed by atoms with van der Waals surface area (Å²) in [4.78, 5) is 13.1. The Morgan fingerprint density at radius 2 is 2.16 bits per heavy atom. The maximum atomic E-state index is 10.7. The lowest BCUT2D eigenvalue weighted by Gasteiger charge is -2.40. The quantitative estimate of drug-likeness (QED) is 0.877. The molecule has 104 valence electrons. The number of amides is 1. The highest BCUT2D eigenvalue weighted by atomic mass is 16.4. The first-order valence-electron chi connectivity index (χ1n) is 6.96. The van der Waals surface area contributed by atoms with Gasteiger partial charge < -0.3 is 10.4 Å². The molecule has 1 heterocycles. The van der Waals surface area contributed by atoms with Crippen LogP contribution >= 0.6 is 0 Å². The molecule has 0 aliphatic carbocycles. The van der Waals surface area contributed by atoms with E-state index in [1.165, 1.54) is 18.4 Å². The van der Waals surface area contributed by atoms with Crippen LogP contribution in [0.5, 0.6) is 0 Å². The Hall–Kier alpha value is -1.55. The van der Waals surface area contributed by atoms with Crippen molar-refractivity contribution in [1.29, 1.82) is 0 Å². The Balaban J connectivity index is 2.04. The van der Waals surface area contributed by atoms with Crippen LogP contribution in [0.3, 0.4) is 0 Å². The van der Waals surface area contributed by atoms with Gasteiger partial charge in [-0.1, -0.05) is 36.8 Å². The Bertz CT molecular complexity index is 408. The molecule has 1 fully saturated rings. The zero-order valence-electron chi connectivity index (χ0n) is 11.4. The van der Waals surface area contributed by atoms with E-state index in [0.29, 0.717) is 18.6 Å². The summed E-state index contributed by atoms with van der Waals surface area (Å²) in [5, 5.41) is 11.3.